The van der Waals surface area contributed by atoms with Crippen LogP contribution in [0.1, 0.15) is 374 Å². The number of rotatable bonds is 20. The molecule has 0 unspecified atom stereocenters. The summed E-state index contributed by atoms with van der Waals surface area (Å²) in [6.45, 7) is 69.9. The number of carbonyl (C=O) groups excluding carboxylic acids is 4. The SMILES string of the molecule is C.CC.CC(C)C.CC(C)O.CCC.CCC.CCC(C)=O.CCC(C)=O.CCC(C)C.CCC(C)C.CCCC(C)=O.CCCC(C)=O.CCCCCC.CCCCN=C(C)N.CCCSC.CCc1c[nH]c2ccccc12.CCc1ccc(O)cc1.CCc1ccc[nH]1.CCc1ccccc1. The monoisotopic (exact) mass is 1470 g/mol. The van der Waals surface area contributed by atoms with Crippen LogP contribution in [0.25, 0.3) is 10.9 Å². The number of benzene rings is 3. The number of aliphatic imine (C=N–C) groups is 1. The Morgan fingerprint density at radius 1 is 0.476 bits per heavy atom. The normalized spacial score (nSPS) is 8.91. The number of Topliss-reactive ketones (excluding diaryl/α,β-unsaturated/α-hetero) is 4. The van der Waals surface area contributed by atoms with E-state index in [0.29, 0.717) is 24.4 Å². The van der Waals surface area contributed by atoms with E-state index in [1.54, 1.807) is 53.7 Å². The van der Waals surface area contributed by atoms with Gasteiger partial charge in [0.05, 0.1) is 5.84 Å². The summed E-state index contributed by atoms with van der Waals surface area (Å²) in [5, 5.41) is 18.3. The van der Waals surface area contributed by atoms with Crippen molar-refractivity contribution in [3.63, 3.8) is 0 Å². The van der Waals surface area contributed by atoms with Gasteiger partial charge in [-0.05, 0) is 177 Å². The summed E-state index contributed by atoms with van der Waals surface area (Å²) in [5.74, 6) is 6.03. The second-order valence-electron chi connectivity index (χ2n) is 25.6. The van der Waals surface area contributed by atoms with Crippen molar-refractivity contribution >= 4 is 51.6 Å². The van der Waals surface area contributed by atoms with E-state index in [1.807, 2.05) is 90.7 Å². The van der Waals surface area contributed by atoms with Gasteiger partial charge in [-0.2, -0.15) is 11.8 Å². The number of amidine groups is 1. The predicted molar refractivity (Wildman–Crippen MR) is 478 cm³/mol. The third-order valence-electron chi connectivity index (χ3n) is 11.8. The summed E-state index contributed by atoms with van der Waals surface area (Å²) in [6.07, 6.45) is 29.4. The van der Waals surface area contributed by atoms with Gasteiger partial charge >= 0.3 is 0 Å². The number of aliphatic hydroxyl groups is 1. The number of aliphatic hydroxyl groups excluding tert-OH is 1. The van der Waals surface area contributed by atoms with Crippen LogP contribution in [-0.4, -0.2) is 73.8 Å². The molecule has 0 aliphatic rings. The molecule has 612 valence electrons. The zero-order chi connectivity index (χ0) is 82.4. The number of nitrogens with two attached hydrogens (primary N) is 1. The van der Waals surface area contributed by atoms with Crippen LogP contribution >= 0.6 is 11.8 Å². The fourth-order valence-corrected chi connectivity index (χ4v) is 5.69. The van der Waals surface area contributed by atoms with Crippen LogP contribution in [0.3, 0.4) is 0 Å². The van der Waals surface area contributed by atoms with E-state index < -0.39 is 0 Å². The molecule has 5 aromatic rings. The largest absolute Gasteiger partial charge is 0.508 e. The summed E-state index contributed by atoms with van der Waals surface area (Å²) in [5.41, 5.74) is 11.9. The van der Waals surface area contributed by atoms with Crippen molar-refractivity contribution in [3.05, 3.63) is 126 Å². The fourth-order valence-electron chi connectivity index (χ4n) is 5.28. The van der Waals surface area contributed by atoms with Gasteiger partial charge in [0.1, 0.15) is 28.9 Å². The van der Waals surface area contributed by atoms with Crippen LogP contribution in [0.5, 0.6) is 5.75 Å². The smallest absolute Gasteiger partial charge is 0.129 e. The molecule has 0 saturated carbocycles. The highest BCUT2D eigenvalue weighted by Gasteiger charge is 1.98. The molecule has 0 fully saturated rings. The Kier molecular flexibility index (Phi) is 149. The molecule has 0 atom stereocenters. The standard InChI is InChI=1S/C10H11N.C8H10O.C8H10.C6H14N2.C6H9N.C6H14.2C5H10O.2C5H12.2C4H8O.C4H10S.C4H10.C3H8O.2C3H8.C2H6.CH4/c1-2-8-7-11-10-6-4-3-5-9(8)10;1-2-7-3-5-8(9)6-4-7;1-2-8-6-4-3-5-7-8;1-3-4-5-8-6(2)7;1-2-6-4-3-5-7-6;1-3-5-6-4-2;2*1-3-4-5(2)6;2*1-4-5(2)3;2*1-3-4(2)5;1-3-4-5-2;1-4(2)3;1-3(2)4;2*1-3-2;1-2;/h3-7,11H,2H2,1H3;3-6,9H,2H2,1H3;3-7H,2H2,1H3;3-5H2,1-2H3,(H2,7,8);3-5,7H,2H2,1H3;3-6H2,1-2H3;2*3-4H2,1-2H3;2*5H,4H2,1-3H3;2*3H2,1-2H3;3-4H2,1-2H3;4H,1-3H3;3-4H,1-2H3;2*3H2,1-2H3;1-2H3;1H4. The van der Waals surface area contributed by atoms with E-state index in [2.05, 4.69) is 227 Å². The second kappa shape index (κ2) is 118. The van der Waals surface area contributed by atoms with Gasteiger partial charge < -0.3 is 45.1 Å². The van der Waals surface area contributed by atoms with Gasteiger partial charge in [0.15, 0.2) is 0 Å². The average molecular weight is 1470 g/mol. The lowest BCUT2D eigenvalue weighted by Gasteiger charge is -1.93. The van der Waals surface area contributed by atoms with Crippen molar-refractivity contribution in [2.24, 2.45) is 28.5 Å². The summed E-state index contributed by atoms with van der Waals surface area (Å²) < 4.78 is 0. The van der Waals surface area contributed by atoms with Gasteiger partial charge in [-0.15, -0.1) is 0 Å². The molecule has 0 radical (unpaired) electrons. The molecule has 0 saturated heterocycles. The number of fused-ring (bicyclic) bond motifs is 1. The van der Waals surface area contributed by atoms with Crippen molar-refractivity contribution in [2.75, 3.05) is 18.6 Å². The molecule has 103 heavy (non-hydrogen) atoms. The number of thioether (sulfide) groups is 1. The van der Waals surface area contributed by atoms with Gasteiger partial charge in [-0.3, -0.25) is 4.99 Å². The quantitative estimate of drug-likeness (QED) is 0.0290. The van der Waals surface area contributed by atoms with Gasteiger partial charge in [-0.25, -0.2) is 0 Å². The number of hydrogen-bond donors (Lipinski definition) is 5. The van der Waals surface area contributed by atoms with E-state index >= 15 is 0 Å². The number of nitrogens with zero attached hydrogens (tertiary/aromatic N) is 1. The maximum atomic E-state index is 10.0. The number of aromatic amines is 2. The molecule has 10 nitrogen and oxygen atoms in total. The highest BCUT2D eigenvalue weighted by atomic mass is 32.2. The topological polar surface area (TPSA) is 179 Å². The van der Waals surface area contributed by atoms with Crippen LogP contribution in [0.15, 0.2) is 108 Å². The Balaban J connectivity index is -0.0000000687. The third kappa shape index (κ3) is 169. The number of phenolic OH excluding ortho intramolecular Hbond substituents is 1. The van der Waals surface area contributed by atoms with Gasteiger partial charge in [0, 0.05) is 67.3 Å². The first-order valence-electron chi connectivity index (χ1n) is 40.0. The summed E-state index contributed by atoms with van der Waals surface area (Å²) in [7, 11) is 0. The number of hydrogen-bond acceptors (Lipinski definition) is 8. The minimum absolute atomic E-state index is 0. The van der Waals surface area contributed by atoms with Crippen LogP contribution in [0.4, 0.5) is 0 Å². The lowest BCUT2D eigenvalue weighted by Crippen LogP contribution is -2.05. The third-order valence-corrected chi connectivity index (χ3v) is 12.6. The maximum Gasteiger partial charge on any atom is 0.129 e. The first kappa shape index (κ1) is 130. The van der Waals surface area contributed by atoms with Gasteiger partial charge in [0.25, 0.3) is 0 Å². The Labute approximate surface area is 649 Å². The van der Waals surface area contributed by atoms with Crippen molar-refractivity contribution < 1.29 is 29.4 Å². The van der Waals surface area contributed by atoms with E-state index in [4.69, 9.17) is 15.9 Å². The fraction of sp³-hybridized carbons (Fsp3) is 0.685. The number of aromatic hydroxyl groups is 1. The van der Waals surface area contributed by atoms with Crippen LogP contribution in [0, 0.1) is 17.8 Å². The van der Waals surface area contributed by atoms with E-state index in [1.165, 1.54) is 103 Å². The number of carbonyl (C=O) groups is 4. The second-order valence-corrected chi connectivity index (χ2v) is 26.5. The number of para-hydroxylation sites is 1. The molecule has 2 heterocycles. The van der Waals surface area contributed by atoms with Crippen LogP contribution in [0.2, 0.25) is 0 Å². The number of aryl methyl sites for hydroxylation is 4. The van der Waals surface area contributed by atoms with Crippen molar-refractivity contribution in [2.45, 2.75) is 384 Å². The number of nitrogens with one attached hydrogen (secondary N) is 2. The molecule has 0 aliphatic carbocycles. The first-order chi connectivity index (χ1) is 48.1. The molecule has 11 heteroatoms. The van der Waals surface area contributed by atoms with E-state index in [-0.39, 0.29) is 36.7 Å². The Hall–Kier alpha value is -5.26. The number of phenols is 1. The number of H-pyrrole nitrogens is 2. The molecule has 3 aromatic carbocycles. The minimum atomic E-state index is -0.167. The zero-order valence-corrected chi connectivity index (χ0v) is 75.2. The minimum Gasteiger partial charge on any atom is -0.508 e. The summed E-state index contributed by atoms with van der Waals surface area (Å²) >= 11 is 1.90. The van der Waals surface area contributed by atoms with Crippen molar-refractivity contribution in [1.82, 2.24) is 9.97 Å². The Bertz CT molecular complexity index is 2210. The average Bonchev–Trinajstić information content (AvgIpc) is 1.68. The lowest BCUT2D eigenvalue weighted by molar-refractivity contribution is -0.117. The molecule has 0 amide bonds. The van der Waals surface area contributed by atoms with E-state index in [0.717, 1.165) is 82.1 Å². The number of ketones is 4. The first-order valence-corrected chi connectivity index (χ1v) is 41.4. The lowest BCUT2D eigenvalue weighted by atomic mass is 10.1. The van der Waals surface area contributed by atoms with Crippen LogP contribution < -0.4 is 5.73 Å². The molecule has 0 aliphatic heterocycles. The Morgan fingerprint density at radius 2 is 0.825 bits per heavy atom. The Morgan fingerprint density at radius 3 is 1.04 bits per heavy atom. The number of unbranched alkanes of at least 4 members (excludes halogenated alkanes) is 4. The van der Waals surface area contributed by atoms with Crippen molar-refractivity contribution in [3.8, 4) is 5.75 Å². The molecular formula is C92H182N4O6S. The molecule has 2 aromatic heterocycles. The van der Waals surface area contributed by atoms with Crippen molar-refractivity contribution in [1.29, 1.82) is 0 Å². The summed E-state index contributed by atoms with van der Waals surface area (Å²) in [4.78, 5) is 50.0. The van der Waals surface area contributed by atoms with E-state index in [9.17, 15) is 19.2 Å². The molecule has 0 bridgehead atoms. The molecule has 6 N–H and O–H groups in total. The molecular weight excluding hydrogens is 1290 g/mol. The zero-order valence-electron chi connectivity index (χ0n) is 74.3. The highest BCUT2D eigenvalue weighted by molar-refractivity contribution is 7.98. The number of aromatic nitrogens is 2. The molecule has 5 rings (SSSR count). The highest BCUT2D eigenvalue weighted by Crippen LogP contribution is 2.17. The van der Waals surface area contributed by atoms with Gasteiger partial charge in [-0.1, -0.05) is 313 Å². The molecule has 0 spiro atoms. The predicted octanol–water partition coefficient (Wildman–Crippen LogP) is 29.4. The van der Waals surface area contributed by atoms with Crippen LogP contribution in [-0.2, 0) is 44.9 Å². The summed E-state index contributed by atoms with van der Waals surface area (Å²) in [6, 6.07) is 30.2. The van der Waals surface area contributed by atoms with Gasteiger partial charge in [0.2, 0.25) is 0 Å². The maximum absolute atomic E-state index is 10.0.